The fraction of sp³-hybridized carbons (Fsp3) is 0.111. The average Bonchev–Trinajstić information content (AvgIpc) is 3.07. The number of hydrogen-bond donors (Lipinski definition) is 1. The van der Waals surface area contributed by atoms with Crippen LogP contribution in [0.15, 0.2) is 54.7 Å². The van der Waals surface area contributed by atoms with Crippen molar-refractivity contribution < 1.29 is 14.3 Å². The minimum Gasteiger partial charge on any atom is -0.454 e. The zero-order valence-electron chi connectivity index (χ0n) is 12.3. The van der Waals surface area contributed by atoms with Gasteiger partial charge in [0.15, 0.2) is 11.5 Å². The van der Waals surface area contributed by atoms with Gasteiger partial charge >= 0.3 is 0 Å². The number of nitrogens with zero attached hydrogens (tertiary/aromatic N) is 1. The predicted octanol–water partition coefficient (Wildman–Crippen LogP) is 2.89. The van der Waals surface area contributed by atoms with Gasteiger partial charge < -0.3 is 14.8 Å². The molecule has 0 bridgehead atoms. The number of aromatic nitrogens is 1. The van der Waals surface area contributed by atoms with Crippen LogP contribution in [0, 0.1) is 0 Å². The van der Waals surface area contributed by atoms with Crippen molar-refractivity contribution in [2.75, 3.05) is 6.79 Å². The van der Waals surface area contributed by atoms with Crippen LogP contribution in [0.3, 0.4) is 0 Å². The highest BCUT2D eigenvalue weighted by molar-refractivity contribution is 5.97. The van der Waals surface area contributed by atoms with Crippen molar-refractivity contribution in [3.05, 3.63) is 65.9 Å². The Bertz CT molecular complexity index is 892. The summed E-state index contributed by atoms with van der Waals surface area (Å²) < 4.78 is 10.6. The lowest BCUT2D eigenvalue weighted by molar-refractivity contribution is 0.0951. The number of fused-ring (bicyclic) bond motifs is 2. The van der Waals surface area contributed by atoms with Gasteiger partial charge in [-0.25, -0.2) is 0 Å². The lowest BCUT2D eigenvalue weighted by atomic mass is 10.1. The summed E-state index contributed by atoms with van der Waals surface area (Å²) in [6.45, 7) is 0.677. The molecule has 1 amide bonds. The third-order valence-electron chi connectivity index (χ3n) is 3.76. The van der Waals surface area contributed by atoms with Crippen LogP contribution in [0.4, 0.5) is 0 Å². The molecule has 3 aromatic rings. The molecule has 0 aliphatic carbocycles. The highest BCUT2D eigenvalue weighted by Gasteiger charge is 2.13. The summed E-state index contributed by atoms with van der Waals surface area (Å²) in [5.74, 6) is 1.34. The van der Waals surface area contributed by atoms with Crippen LogP contribution in [-0.2, 0) is 6.54 Å². The first kappa shape index (κ1) is 13.6. The first-order valence-electron chi connectivity index (χ1n) is 7.31. The molecule has 1 aromatic heterocycles. The molecule has 5 heteroatoms. The third-order valence-corrected chi connectivity index (χ3v) is 3.76. The number of pyridine rings is 1. The van der Waals surface area contributed by atoms with E-state index in [4.69, 9.17) is 9.47 Å². The molecule has 2 heterocycles. The normalized spacial score (nSPS) is 12.3. The number of nitrogens with one attached hydrogen (secondary N) is 1. The molecule has 2 aromatic carbocycles. The van der Waals surface area contributed by atoms with Crippen LogP contribution >= 0.6 is 0 Å². The molecule has 114 valence electrons. The smallest absolute Gasteiger partial charge is 0.251 e. The molecule has 23 heavy (non-hydrogen) atoms. The van der Waals surface area contributed by atoms with E-state index in [0.29, 0.717) is 17.9 Å². The van der Waals surface area contributed by atoms with Crippen LogP contribution < -0.4 is 14.8 Å². The maximum atomic E-state index is 12.3. The van der Waals surface area contributed by atoms with E-state index in [-0.39, 0.29) is 12.7 Å². The fourth-order valence-electron chi connectivity index (χ4n) is 2.55. The van der Waals surface area contributed by atoms with Crippen LogP contribution in [0.5, 0.6) is 11.5 Å². The van der Waals surface area contributed by atoms with E-state index in [1.54, 1.807) is 12.3 Å². The quantitative estimate of drug-likeness (QED) is 0.808. The number of benzene rings is 2. The molecule has 1 aliphatic rings. The van der Waals surface area contributed by atoms with E-state index in [0.717, 1.165) is 22.2 Å². The van der Waals surface area contributed by atoms with E-state index in [9.17, 15) is 4.79 Å². The Morgan fingerprint density at radius 3 is 2.96 bits per heavy atom. The Morgan fingerprint density at radius 2 is 2.00 bits per heavy atom. The summed E-state index contributed by atoms with van der Waals surface area (Å²) in [6.07, 6.45) is 1.74. The summed E-state index contributed by atoms with van der Waals surface area (Å²) in [5.41, 5.74) is 2.45. The van der Waals surface area contributed by atoms with Gasteiger partial charge in [0.1, 0.15) is 0 Å². The van der Waals surface area contributed by atoms with Crippen LogP contribution in [0.25, 0.3) is 10.9 Å². The highest BCUT2D eigenvalue weighted by atomic mass is 16.7. The summed E-state index contributed by atoms with van der Waals surface area (Å²) in [6, 6.07) is 14.9. The van der Waals surface area contributed by atoms with Crippen molar-refractivity contribution >= 4 is 16.8 Å². The number of ether oxygens (including phenoxy) is 2. The van der Waals surface area contributed by atoms with Gasteiger partial charge in [-0.2, -0.15) is 0 Å². The summed E-state index contributed by atoms with van der Waals surface area (Å²) in [5, 5.41) is 3.86. The predicted molar refractivity (Wildman–Crippen MR) is 85.5 cm³/mol. The molecule has 0 atom stereocenters. The maximum Gasteiger partial charge on any atom is 0.251 e. The monoisotopic (exact) mass is 306 g/mol. The second-order valence-electron chi connectivity index (χ2n) is 5.28. The topological polar surface area (TPSA) is 60.5 Å². The van der Waals surface area contributed by atoms with Gasteiger partial charge in [0.25, 0.3) is 5.91 Å². The second kappa shape index (κ2) is 5.61. The fourth-order valence-corrected chi connectivity index (χ4v) is 2.55. The molecular weight excluding hydrogens is 292 g/mol. The SMILES string of the molecule is O=C(NCc1ccc2c(c1)OCO2)c1ccc2ncccc2c1. The standard InChI is InChI=1S/C18H14N2O3/c21-18(14-4-5-15-13(9-14)2-1-7-19-15)20-10-12-3-6-16-17(8-12)23-11-22-16/h1-9H,10-11H2,(H,20,21). The van der Waals surface area contributed by atoms with Gasteiger partial charge in [0, 0.05) is 23.7 Å². The maximum absolute atomic E-state index is 12.3. The number of carbonyl (C=O) groups is 1. The highest BCUT2D eigenvalue weighted by Crippen LogP contribution is 2.32. The van der Waals surface area contributed by atoms with Gasteiger partial charge in [-0.1, -0.05) is 12.1 Å². The number of hydrogen-bond acceptors (Lipinski definition) is 4. The van der Waals surface area contributed by atoms with E-state index in [1.165, 1.54) is 0 Å². The molecule has 5 nitrogen and oxygen atoms in total. The van der Waals surface area contributed by atoms with Crippen LogP contribution in [-0.4, -0.2) is 17.7 Å². The second-order valence-corrected chi connectivity index (χ2v) is 5.28. The Kier molecular flexibility index (Phi) is 3.31. The van der Waals surface area contributed by atoms with Crippen molar-refractivity contribution in [1.82, 2.24) is 10.3 Å². The lowest BCUT2D eigenvalue weighted by Crippen LogP contribution is -2.22. The molecule has 0 unspecified atom stereocenters. The third kappa shape index (κ3) is 2.68. The number of rotatable bonds is 3. The Balaban J connectivity index is 1.48. The zero-order chi connectivity index (χ0) is 15.6. The molecule has 4 rings (SSSR count). The summed E-state index contributed by atoms with van der Waals surface area (Å²) in [7, 11) is 0. The van der Waals surface area contributed by atoms with Crippen molar-refractivity contribution in [1.29, 1.82) is 0 Å². The van der Waals surface area contributed by atoms with Crippen molar-refractivity contribution in [2.45, 2.75) is 6.54 Å². The van der Waals surface area contributed by atoms with E-state index in [2.05, 4.69) is 10.3 Å². The summed E-state index contributed by atoms with van der Waals surface area (Å²) in [4.78, 5) is 16.6. The van der Waals surface area contributed by atoms with E-state index < -0.39 is 0 Å². The molecule has 0 saturated heterocycles. The largest absolute Gasteiger partial charge is 0.454 e. The van der Waals surface area contributed by atoms with Gasteiger partial charge in [0.05, 0.1) is 5.52 Å². The first-order valence-corrected chi connectivity index (χ1v) is 7.31. The van der Waals surface area contributed by atoms with Gasteiger partial charge in [0.2, 0.25) is 6.79 Å². The molecule has 1 N–H and O–H groups in total. The van der Waals surface area contributed by atoms with Crippen LogP contribution in [0.2, 0.25) is 0 Å². The zero-order valence-corrected chi connectivity index (χ0v) is 12.3. The Labute approximate surface area is 132 Å². The minimum atomic E-state index is -0.117. The molecular formula is C18H14N2O3. The number of carbonyl (C=O) groups excluding carboxylic acids is 1. The van der Waals surface area contributed by atoms with Crippen molar-refractivity contribution in [2.24, 2.45) is 0 Å². The molecule has 0 radical (unpaired) electrons. The molecule has 0 fully saturated rings. The Hall–Kier alpha value is -3.08. The van der Waals surface area contributed by atoms with Gasteiger partial charge in [-0.05, 0) is 42.0 Å². The summed E-state index contributed by atoms with van der Waals surface area (Å²) >= 11 is 0. The first-order chi connectivity index (χ1) is 11.3. The Morgan fingerprint density at radius 1 is 1.09 bits per heavy atom. The lowest BCUT2D eigenvalue weighted by Gasteiger charge is -2.07. The van der Waals surface area contributed by atoms with E-state index in [1.807, 2.05) is 42.5 Å². The van der Waals surface area contributed by atoms with Gasteiger partial charge in [-0.3, -0.25) is 9.78 Å². The minimum absolute atomic E-state index is 0.117. The molecule has 1 aliphatic heterocycles. The van der Waals surface area contributed by atoms with Crippen molar-refractivity contribution in [3.63, 3.8) is 0 Å². The molecule has 0 spiro atoms. The number of amides is 1. The molecule has 0 saturated carbocycles. The average molecular weight is 306 g/mol. The van der Waals surface area contributed by atoms with Crippen LogP contribution in [0.1, 0.15) is 15.9 Å². The van der Waals surface area contributed by atoms with Crippen molar-refractivity contribution in [3.8, 4) is 11.5 Å². The van der Waals surface area contributed by atoms with E-state index >= 15 is 0 Å². The van der Waals surface area contributed by atoms with Gasteiger partial charge in [-0.15, -0.1) is 0 Å².